The molecule has 0 bridgehead atoms. The van der Waals surface area contributed by atoms with Gasteiger partial charge < -0.3 is 4.98 Å². The molecule has 6 aromatic rings. The Morgan fingerprint density at radius 3 is 2.00 bits per heavy atom. The summed E-state index contributed by atoms with van der Waals surface area (Å²) in [6.07, 6.45) is 0. The first kappa shape index (κ1) is 13.6. The van der Waals surface area contributed by atoms with Crippen molar-refractivity contribution in [2.45, 2.75) is 0 Å². The standard InChI is InChI=1S/C26H15N/c1-2-7-16-13-23-22(12-15(16)6-1)26-20-11-5-10-19-17-8-3-4-9-18(17)21(25(19)20)14-24(26)27-23/h1-14,27H. The van der Waals surface area contributed by atoms with E-state index in [0.29, 0.717) is 0 Å². The number of benzene rings is 5. The van der Waals surface area contributed by atoms with E-state index in [1.54, 1.807) is 0 Å². The van der Waals surface area contributed by atoms with Gasteiger partial charge in [0.05, 0.1) is 0 Å². The highest BCUT2D eigenvalue weighted by Gasteiger charge is 2.23. The fourth-order valence-electron chi connectivity index (χ4n) is 4.96. The lowest BCUT2D eigenvalue weighted by Crippen LogP contribution is -1.78. The number of H-pyrrole nitrogens is 1. The molecule has 1 heterocycles. The molecule has 1 aliphatic carbocycles. The van der Waals surface area contributed by atoms with Gasteiger partial charge in [-0.25, -0.2) is 0 Å². The molecule has 0 radical (unpaired) electrons. The van der Waals surface area contributed by atoms with E-state index in [-0.39, 0.29) is 0 Å². The summed E-state index contributed by atoms with van der Waals surface area (Å²) in [6, 6.07) is 31.0. The number of rotatable bonds is 0. The lowest BCUT2D eigenvalue weighted by Gasteiger charge is -2.05. The Labute approximate surface area is 155 Å². The monoisotopic (exact) mass is 341 g/mol. The Balaban J connectivity index is 1.74. The quantitative estimate of drug-likeness (QED) is 0.298. The normalized spacial score (nSPS) is 12.4. The van der Waals surface area contributed by atoms with E-state index >= 15 is 0 Å². The summed E-state index contributed by atoms with van der Waals surface area (Å²) in [5, 5.41) is 7.95. The number of nitrogens with one attached hydrogen (secondary N) is 1. The fourth-order valence-corrected chi connectivity index (χ4v) is 4.96. The molecule has 27 heavy (non-hydrogen) atoms. The minimum absolute atomic E-state index is 1.21. The van der Waals surface area contributed by atoms with Gasteiger partial charge in [-0.15, -0.1) is 0 Å². The summed E-state index contributed by atoms with van der Waals surface area (Å²) in [5.41, 5.74) is 7.82. The van der Waals surface area contributed by atoms with Crippen molar-refractivity contribution in [1.82, 2.24) is 4.98 Å². The third kappa shape index (κ3) is 1.60. The van der Waals surface area contributed by atoms with Crippen LogP contribution in [0.5, 0.6) is 0 Å². The van der Waals surface area contributed by atoms with Crippen molar-refractivity contribution in [1.29, 1.82) is 0 Å². The van der Waals surface area contributed by atoms with Crippen LogP contribution in [-0.2, 0) is 0 Å². The first-order valence-corrected chi connectivity index (χ1v) is 9.38. The van der Waals surface area contributed by atoms with Crippen molar-refractivity contribution in [3.8, 4) is 22.3 Å². The maximum atomic E-state index is 3.69. The van der Waals surface area contributed by atoms with Crippen molar-refractivity contribution >= 4 is 43.4 Å². The minimum atomic E-state index is 1.21. The van der Waals surface area contributed by atoms with Crippen molar-refractivity contribution in [3.63, 3.8) is 0 Å². The Hall–Kier alpha value is -3.58. The molecule has 0 spiro atoms. The van der Waals surface area contributed by atoms with Gasteiger partial charge in [0, 0.05) is 21.8 Å². The maximum absolute atomic E-state index is 3.69. The molecule has 0 fully saturated rings. The fraction of sp³-hybridized carbons (Fsp3) is 0. The molecule has 5 aromatic carbocycles. The van der Waals surface area contributed by atoms with Crippen molar-refractivity contribution in [2.24, 2.45) is 0 Å². The lowest BCUT2D eigenvalue weighted by atomic mass is 9.97. The highest BCUT2D eigenvalue weighted by molar-refractivity contribution is 6.29. The van der Waals surface area contributed by atoms with Crippen LogP contribution in [-0.4, -0.2) is 4.98 Å². The minimum Gasteiger partial charge on any atom is -0.354 e. The highest BCUT2D eigenvalue weighted by atomic mass is 14.7. The van der Waals surface area contributed by atoms with Gasteiger partial charge in [0.25, 0.3) is 0 Å². The van der Waals surface area contributed by atoms with Gasteiger partial charge >= 0.3 is 0 Å². The largest absolute Gasteiger partial charge is 0.354 e. The molecule has 0 aliphatic heterocycles. The topological polar surface area (TPSA) is 15.8 Å². The molecular weight excluding hydrogens is 326 g/mol. The van der Waals surface area contributed by atoms with Crippen LogP contribution >= 0.6 is 0 Å². The second kappa shape index (κ2) is 4.57. The van der Waals surface area contributed by atoms with Gasteiger partial charge in [0.15, 0.2) is 0 Å². The predicted octanol–water partition coefficient (Wildman–Crippen LogP) is 7.27. The van der Waals surface area contributed by atoms with E-state index in [4.69, 9.17) is 0 Å². The van der Waals surface area contributed by atoms with Crippen LogP contribution in [0.1, 0.15) is 0 Å². The second-order valence-corrected chi connectivity index (χ2v) is 7.49. The van der Waals surface area contributed by atoms with E-state index in [2.05, 4.69) is 89.9 Å². The van der Waals surface area contributed by atoms with Crippen LogP contribution in [0.25, 0.3) is 65.6 Å². The average molecular weight is 341 g/mol. The summed E-state index contributed by atoms with van der Waals surface area (Å²) < 4.78 is 0. The van der Waals surface area contributed by atoms with E-state index < -0.39 is 0 Å². The van der Waals surface area contributed by atoms with Gasteiger partial charge in [0.2, 0.25) is 0 Å². The van der Waals surface area contributed by atoms with Crippen LogP contribution in [0.3, 0.4) is 0 Å². The third-order valence-electron chi connectivity index (χ3n) is 6.09. The van der Waals surface area contributed by atoms with Crippen LogP contribution < -0.4 is 0 Å². The third-order valence-corrected chi connectivity index (χ3v) is 6.09. The van der Waals surface area contributed by atoms with Crippen molar-refractivity contribution in [3.05, 3.63) is 84.9 Å². The average Bonchev–Trinajstić information content (AvgIpc) is 3.23. The maximum Gasteiger partial charge on any atom is 0.0477 e. The number of hydrogen-bond donors (Lipinski definition) is 1. The zero-order valence-corrected chi connectivity index (χ0v) is 14.6. The van der Waals surface area contributed by atoms with E-state index in [1.807, 2.05) is 0 Å². The summed E-state index contributed by atoms with van der Waals surface area (Å²) in [4.78, 5) is 3.69. The zero-order chi connectivity index (χ0) is 17.5. The molecule has 0 unspecified atom stereocenters. The molecule has 1 nitrogen and oxygen atoms in total. The first-order chi connectivity index (χ1) is 13.4. The van der Waals surface area contributed by atoms with Gasteiger partial charge in [-0.2, -0.15) is 0 Å². The van der Waals surface area contributed by atoms with E-state index in [1.165, 1.54) is 65.6 Å². The zero-order valence-electron chi connectivity index (χ0n) is 14.6. The van der Waals surface area contributed by atoms with Crippen LogP contribution in [0, 0.1) is 0 Å². The Morgan fingerprint density at radius 1 is 0.444 bits per heavy atom. The second-order valence-electron chi connectivity index (χ2n) is 7.49. The molecule has 1 heteroatoms. The van der Waals surface area contributed by atoms with Crippen molar-refractivity contribution < 1.29 is 0 Å². The molecule has 1 N–H and O–H groups in total. The smallest absolute Gasteiger partial charge is 0.0477 e. The molecule has 124 valence electrons. The molecule has 1 aliphatic rings. The summed E-state index contributed by atoms with van der Waals surface area (Å²) >= 11 is 0. The molecule has 7 rings (SSSR count). The van der Waals surface area contributed by atoms with E-state index in [9.17, 15) is 0 Å². The molecule has 0 saturated carbocycles. The molecule has 0 amide bonds. The van der Waals surface area contributed by atoms with Gasteiger partial charge in [0.1, 0.15) is 0 Å². The molecule has 1 aromatic heterocycles. The Bertz CT molecular complexity index is 1570. The summed E-state index contributed by atoms with van der Waals surface area (Å²) in [6.45, 7) is 0. The summed E-state index contributed by atoms with van der Waals surface area (Å²) in [5.74, 6) is 0. The van der Waals surface area contributed by atoms with Gasteiger partial charge in [-0.05, 0) is 62.0 Å². The Morgan fingerprint density at radius 2 is 1.15 bits per heavy atom. The number of aromatic amines is 1. The lowest BCUT2D eigenvalue weighted by molar-refractivity contribution is 1.56. The van der Waals surface area contributed by atoms with Crippen LogP contribution in [0.15, 0.2) is 84.9 Å². The van der Waals surface area contributed by atoms with Gasteiger partial charge in [-0.1, -0.05) is 66.7 Å². The van der Waals surface area contributed by atoms with Crippen LogP contribution in [0.2, 0.25) is 0 Å². The molecule has 0 saturated heterocycles. The first-order valence-electron chi connectivity index (χ1n) is 9.38. The predicted molar refractivity (Wildman–Crippen MR) is 115 cm³/mol. The highest BCUT2D eigenvalue weighted by Crippen LogP contribution is 2.50. The molecular formula is C26H15N. The van der Waals surface area contributed by atoms with Gasteiger partial charge in [-0.3, -0.25) is 0 Å². The Kier molecular flexibility index (Phi) is 2.30. The van der Waals surface area contributed by atoms with Crippen molar-refractivity contribution in [2.75, 3.05) is 0 Å². The summed E-state index contributed by atoms with van der Waals surface area (Å²) in [7, 11) is 0. The number of aromatic nitrogens is 1. The SMILES string of the molecule is c1ccc2c(c1)-c1cccc3c1c-2cc1[nH]c2cc4ccccc4cc2c13. The molecule has 0 atom stereocenters. The van der Waals surface area contributed by atoms with E-state index in [0.717, 1.165) is 0 Å². The number of fused-ring (bicyclic) bond motifs is 8. The van der Waals surface area contributed by atoms with Crippen LogP contribution in [0.4, 0.5) is 0 Å². The number of hydrogen-bond acceptors (Lipinski definition) is 0.